The number of nitrogens with zero attached hydrogens (tertiary/aromatic N) is 1. The molecule has 59 heavy (non-hydrogen) atoms. The summed E-state index contributed by atoms with van der Waals surface area (Å²) in [7, 11) is 1.50. The minimum absolute atomic E-state index is 0.0371. The molecule has 1 N–H and O–H groups in total. The highest BCUT2D eigenvalue weighted by molar-refractivity contribution is 7.47. The number of likely N-dealkylation sites (N-methyl/N-ethyl adjacent to an activating group) is 1. The summed E-state index contributed by atoms with van der Waals surface area (Å²) in [4.78, 5) is 35.5. The largest absolute Gasteiger partial charge is 0.472 e. The van der Waals surface area contributed by atoms with Gasteiger partial charge in [-0.3, -0.25) is 18.6 Å². The molecule has 2 unspecified atom stereocenters. The molecule has 10 heteroatoms. The first-order valence-corrected chi connectivity index (χ1v) is 26.8. The van der Waals surface area contributed by atoms with E-state index in [9.17, 15) is 19.0 Å². The summed E-state index contributed by atoms with van der Waals surface area (Å²) in [6, 6.07) is 0. The first-order chi connectivity index (χ1) is 28.5. The molecule has 0 heterocycles. The highest BCUT2D eigenvalue weighted by atomic mass is 31.2. The Morgan fingerprint density at radius 1 is 0.458 bits per heavy atom. The highest BCUT2D eigenvalue weighted by Gasteiger charge is 2.27. The van der Waals surface area contributed by atoms with E-state index in [2.05, 4.69) is 13.8 Å². The topological polar surface area (TPSA) is 108 Å². The first kappa shape index (κ1) is 58.0. The van der Waals surface area contributed by atoms with Crippen molar-refractivity contribution in [2.75, 3.05) is 47.5 Å². The summed E-state index contributed by atoms with van der Waals surface area (Å²) in [5.74, 6) is -0.778. The molecule has 0 radical (unpaired) electrons. The van der Waals surface area contributed by atoms with Crippen LogP contribution >= 0.6 is 7.82 Å². The third-order valence-corrected chi connectivity index (χ3v) is 12.4. The van der Waals surface area contributed by atoms with Gasteiger partial charge in [-0.2, -0.15) is 0 Å². The Morgan fingerprint density at radius 3 is 1.08 bits per heavy atom. The molecule has 0 aliphatic carbocycles. The summed E-state index contributed by atoms with van der Waals surface area (Å²) in [6.07, 6.45) is 44.3. The molecule has 0 amide bonds. The normalized spacial score (nSPS) is 13.4. The van der Waals surface area contributed by atoms with Gasteiger partial charge in [0.1, 0.15) is 19.8 Å². The molecule has 0 aliphatic rings. The third kappa shape index (κ3) is 46.3. The Hall–Kier alpha value is -0.990. The van der Waals surface area contributed by atoms with E-state index in [0.29, 0.717) is 17.4 Å². The van der Waals surface area contributed by atoms with Gasteiger partial charge in [-0.05, 0) is 12.8 Å². The second kappa shape index (κ2) is 42.3. The van der Waals surface area contributed by atoms with Gasteiger partial charge in [0.25, 0.3) is 0 Å². The van der Waals surface area contributed by atoms with Crippen LogP contribution in [0.25, 0.3) is 0 Å². The molecule has 0 aromatic heterocycles. The monoisotopic (exact) mass is 861 g/mol. The minimum atomic E-state index is -4.37. The van der Waals surface area contributed by atoms with Crippen molar-refractivity contribution in [1.29, 1.82) is 0 Å². The van der Waals surface area contributed by atoms with Gasteiger partial charge < -0.3 is 18.9 Å². The van der Waals surface area contributed by atoms with Crippen LogP contribution in [0.2, 0.25) is 0 Å². The van der Waals surface area contributed by atoms with Crippen molar-refractivity contribution in [3.63, 3.8) is 0 Å². The number of phosphoric ester groups is 1. The zero-order valence-electron chi connectivity index (χ0n) is 39.8. The van der Waals surface area contributed by atoms with Crippen LogP contribution in [0.5, 0.6) is 0 Å². The van der Waals surface area contributed by atoms with Gasteiger partial charge in [0.05, 0.1) is 27.7 Å². The lowest BCUT2D eigenvalue weighted by molar-refractivity contribution is -0.870. The Balaban J connectivity index is 4.21. The van der Waals surface area contributed by atoms with Crippen LogP contribution in [0.15, 0.2) is 0 Å². The Bertz CT molecular complexity index is 974. The Kier molecular flexibility index (Phi) is 41.6. The molecular weight excluding hydrogens is 762 g/mol. The molecule has 0 aromatic rings. The number of esters is 2. The average molecular weight is 861 g/mol. The number of hydrogen-bond donors (Lipinski definition) is 1. The number of quaternary nitrogens is 1. The van der Waals surface area contributed by atoms with Crippen LogP contribution < -0.4 is 0 Å². The standard InChI is InChI=1S/C49H98NO8P/c1-6-8-10-12-14-16-18-20-22-24-26-27-29-31-33-35-37-39-41-48(51)55-45-47(46-57-59(53,54)56-44-43-50(3,4)5)58-49(52)42-40-38-36-34-32-30-28-25-23-21-19-17-15-13-11-9-7-2/h47H,6-46H2,1-5H3/p+1. The predicted molar refractivity (Wildman–Crippen MR) is 248 cm³/mol. The second-order valence-corrected chi connectivity index (χ2v) is 20.0. The van der Waals surface area contributed by atoms with Crippen molar-refractivity contribution < 1.29 is 42.1 Å². The molecule has 0 aromatic carbocycles. The lowest BCUT2D eigenvalue weighted by atomic mass is 10.0. The van der Waals surface area contributed by atoms with Crippen LogP contribution in [0, 0.1) is 0 Å². The SMILES string of the molecule is CCCCCCCCCCCCCCCCCCCCC(=O)OCC(COP(=O)(O)OCC[N+](C)(C)C)OC(=O)CCCCCCCCCCCCCCCCCCC. The summed E-state index contributed by atoms with van der Waals surface area (Å²) in [6.45, 7) is 4.49. The highest BCUT2D eigenvalue weighted by Crippen LogP contribution is 2.43. The van der Waals surface area contributed by atoms with Crippen molar-refractivity contribution in [3.05, 3.63) is 0 Å². The summed E-state index contributed by atoms with van der Waals surface area (Å²) >= 11 is 0. The quantitative estimate of drug-likeness (QED) is 0.0279. The first-order valence-electron chi connectivity index (χ1n) is 25.3. The molecule has 0 spiro atoms. The number of carbonyl (C=O) groups excluding carboxylic acids is 2. The maximum absolute atomic E-state index is 12.7. The van der Waals surface area contributed by atoms with Crippen molar-refractivity contribution in [1.82, 2.24) is 0 Å². The fraction of sp³-hybridized carbons (Fsp3) is 0.959. The number of carbonyl (C=O) groups is 2. The minimum Gasteiger partial charge on any atom is -0.462 e. The van der Waals surface area contributed by atoms with Crippen molar-refractivity contribution >= 4 is 19.8 Å². The maximum Gasteiger partial charge on any atom is 0.472 e. The summed E-state index contributed by atoms with van der Waals surface area (Å²) < 4.78 is 34.5. The zero-order valence-corrected chi connectivity index (χ0v) is 40.7. The number of hydrogen-bond acceptors (Lipinski definition) is 7. The fourth-order valence-corrected chi connectivity index (χ4v) is 8.17. The molecule has 0 aliphatic heterocycles. The molecule has 0 bridgehead atoms. The van der Waals surface area contributed by atoms with Crippen LogP contribution in [0.4, 0.5) is 0 Å². The predicted octanol–water partition coefficient (Wildman–Crippen LogP) is 14.8. The van der Waals surface area contributed by atoms with Gasteiger partial charge in [-0.25, -0.2) is 4.57 Å². The third-order valence-electron chi connectivity index (χ3n) is 11.4. The van der Waals surface area contributed by atoms with Gasteiger partial charge in [0.2, 0.25) is 0 Å². The van der Waals surface area contributed by atoms with Gasteiger partial charge in [0, 0.05) is 12.8 Å². The van der Waals surface area contributed by atoms with E-state index >= 15 is 0 Å². The van der Waals surface area contributed by atoms with Crippen molar-refractivity contribution in [2.24, 2.45) is 0 Å². The van der Waals surface area contributed by atoms with Crippen LogP contribution in [0.3, 0.4) is 0 Å². The lowest BCUT2D eigenvalue weighted by Crippen LogP contribution is -2.37. The van der Waals surface area contributed by atoms with Crippen LogP contribution in [-0.2, 0) is 32.7 Å². The van der Waals surface area contributed by atoms with Gasteiger partial charge in [0.15, 0.2) is 6.10 Å². The Morgan fingerprint density at radius 2 is 0.763 bits per heavy atom. The molecule has 9 nitrogen and oxygen atoms in total. The number of ether oxygens (including phenoxy) is 2. The smallest absolute Gasteiger partial charge is 0.462 e. The maximum atomic E-state index is 12.7. The van der Waals surface area contributed by atoms with Crippen LogP contribution in [-0.4, -0.2) is 74.9 Å². The number of phosphoric acid groups is 1. The fourth-order valence-electron chi connectivity index (χ4n) is 7.43. The van der Waals surface area contributed by atoms with Gasteiger partial charge >= 0.3 is 19.8 Å². The molecule has 0 fully saturated rings. The molecule has 352 valence electrons. The van der Waals surface area contributed by atoms with E-state index < -0.39 is 26.5 Å². The molecule has 2 atom stereocenters. The van der Waals surface area contributed by atoms with Crippen molar-refractivity contribution in [2.45, 2.75) is 258 Å². The van der Waals surface area contributed by atoms with Gasteiger partial charge in [-0.15, -0.1) is 0 Å². The molecule has 0 rings (SSSR count). The molecular formula is C49H99NO8P+. The van der Waals surface area contributed by atoms with E-state index in [1.54, 1.807) is 0 Å². The van der Waals surface area contributed by atoms with Gasteiger partial charge in [-0.1, -0.05) is 226 Å². The van der Waals surface area contributed by atoms with E-state index in [1.165, 1.54) is 186 Å². The second-order valence-electron chi connectivity index (χ2n) is 18.6. The zero-order chi connectivity index (χ0) is 43.6. The summed E-state index contributed by atoms with van der Waals surface area (Å²) in [5, 5.41) is 0. The van der Waals surface area contributed by atoms with Crippen molar-refractivity contribution in [3.8, 4) is 0 Å². The summed E-state index contributed by atoms with van der Waals surface area (Å²) in [5.41, 5.74) is 0. The molecule has 0 saturated heterocycles. The average Bonchev–Trinajstić information content (AvgIpc) is 3.19. The van der Waals surface area contributed by atoms with E-state index in [-0.39, 0.29) is 25.6 Å². The molecule has 0 saturated carbocycles. The lowest BCUT2D eigenvalue weighted by Gasteiger charge is -2.24. The van der Waals surface area contributed by atoms with Crippen LogP contribution in [0.1, 0.15) is 251 Å². The van der Waals surface area contributed by atoms with E-state index in [4.69, 9.17) is 18.5 Å². The van der Waals surface area contributed by atoms with E-state index in [1.807, 2.05) is 21.1 Å². The Labute approximate surface area is 365 Å². The number of rotatable bonds is 47. The van der Waals surface area contributed by atoms with E-state index in [0.717, 1.165) is 38.5 Å². The number of unbranched alkanes of at least 4 members (excludes halogenated alkanes) is 33.